The highest BCUT2D eigenvalue weighted by molar-refractivity contribution is 9.10. The lowest BCUT2D eigenvalue weighted by molar-refractivity contribution is 0.0953. The van der Waals surface area contributed by atoms with Gasteiger partial charge in [-0.2, -0.15) is 0 Å². The lowest BCUT2D eigenvalue weighted by Crippen LogP contribution is -2.29. The Morgan fingerprint density at radius 1 is 1.25 bits per heavy atom. The fourth-order valence-corrected chi connectivity index (χ4v) is 1.96. The molecule has 0 aliphatic rings. The van der Waals surface area contributed by atoms with E-state index in [0.29, 0.717) is 12.2 Å². The lowest BCUT2D eigenvalue weighted by atomic mass is 10.1. The summed E-state index contributed by atoms with van der Waals surface area (Å²) in [5, 5.41) is 0. The number of halogens is 1. The van der Waals surface area contributed by atoms with Crippen LogP contribution >= 0.6 is 15.9 Å². The van der Waals surface area contributed by atoms with Crippen molar-refractivity contribution in [2.75, 3.05) is 0 Å². The highest BCUT2D eigenvalue weighted by atomic mass is 79.9. The molecule has 1 amide bonds. The van der Waals surface area contributed by atoms with Gasteiger partial charge in [0, 0.05) is 10.0 Å². The molecular formula is C15H15BrN2O2. The van der Waals surface area contributed by atoms with E-state index in [4.69, 9.17) is 10.6 Å². The first-order valence-electron chi connectivity index (χ1n) is 6.09. The average Bonchev–Trinajstić information content (AvgIpc) is 2.48. The molecule has 0 heterocycles. The molecule has 0 spiro atoms. The zero-order valence-electron chi connectivity index (χ0n) is 11.0. The predicted octanol–water partition coefficient (Wildman–Crippen LogP) is 2.94. The van der Waals surface area contributed by atoms with Crippen molar-refractivity contribution in [1.29, 1.82) is 0 Å². The molecule has 4 nitrogen and oxygen atoms in total. The van der Waals surface area contributed by atoms with Crippen LogP contribution in [0, 0.1) is 6.92 Å². The molecule has 20 heavy (non-hydrogen) atoms. The third-order valence-corrected chi connectivity index (χ3v) is 3.77. The van der Waals surface area contributed by atoms with Crippen molar-refractivity contribution in [2.24, 2.45) is 5.84 Å². The van der Waals surface area contributed by atoms with E-state index >= 15 is 0 Å². The molecule has 5 heteroatoms. The smallest absolute Gasteiger partial charge is 0.265 e. The zero-order valence-corrected chi connectivity index (χ0v) is 12.6. The van der Waals surface area contributed by atoms with Crippen LogP contribution in [-0.4, -0.2) is 5.91 Å². The maximum absolute atomic E-state index is 11.3. The second-order valence-corrected chi connectivity index (χ2v) is 5.22. The van der Waals surface area contributed by atoms with Gasteiger partial charge in [-0.05, 0) is 48.4 Å². The lowest BCUT2D eigenvalue weighted by Gasteiger charge is -2.08. The predicted molar refractivity (Wildman–Crippen MR) is 81.3 cm³/mol. The molecule has 0 atom stereocenters. The Morgan fingerprint density at radius 3 is 2.55 bits per heavy atom. The summed E-state index contributed by atoms with van der Waals surface area (Å²) in [4.78, 5) is 11.3. The van der Waals surface area contributed by atoms with Gasteiger partial charge in [0.05, 0.1) is 0 Å². The monoisotopic (exact) mass is 334 g/mol. The van der Waals surface area contributed by atoms with E-state index in [1.807, 2.05) is 37.3 Å². The van der Waals surface area contributed by atoms with Gasteiger partial charge in [-0.3, -0.25) is 10.2 Å². The van der Waals surface area contributed by atoms with E-state index in [0.717, 1.165) is 21.3 Å². The fraction of sp³-hybridized carbons (Fsp3) is 0.133. The molecule has 0 unspecified atom stereocenters. The third kappa shape index (κ3) is 3.59. The number of carbonyl (C=O) groups is 1. The largest absolute Gasteiger partial charge is 0.489 e. The van der Waals surface area contributed by atoms with Gasteiger partial charge in [0.1, 0.15) is 12.4 Å². The number of hydrogen-bond donors (Lipinski definition) is 2. The van der Waals surface area contributed by atoms with Crippen molar-refractivity contribution in [3.8, 4) is 5.75 Å². The van der Waals surface area contributed by atoms with E-state index in [1.165, 1.54) is 0 Å². The third-order valence-electron chi connectivity index (χ3n) is 2.88. The van der Waals surface area contributed by atoms with Gasteiger partial charge >= 0.3 is 0 Å². The van der Waals surface area contributed by atoms with Crippen LogP contribution in [-0.2, 0) is 6.61 Å². The molecule has 2 aromatic rings. The molecule has 104 valence electrons. The van der Waals surface area contributed by atoms with E-state index in [2.05, 4.69) is 21.4 Å². The van der Waals surface area contributed by atoms with Crippen molar-refractivity contribution in [1.82, 2.24) is 5.43 Å². The summed E-state index contributed by atoms with van der Waals surface area (Å²) in [7, 11) is 0. The number of carbonyl (C=O) groups excluding carboxylic acids is 1. The number of nitrogen functional groups attached to an aromatic ring is 1. The van der Waals surface area contributed by atoms with Gasteiger partial charge in [-0.1, -0.05) is 28.1 Å². The number of amides is 1. The molecule has 2 aromatic carbocycles. The van der Waals surface area contributed by atoms with Gasteiger partial charge in [-0.25, -0.2) is 5.84 Å². The minimum absolute atomic E-state index is 0.305. The SMILES string of the molecule is Cc1cc(OCc2ccc(C(=O)NN)cc2)ccc1Br. The number of hydrazine groups is 1. The molecule has 0 aromatic heterocycles. The fourth-order valence-electron chi connectivity index (χ4n) is 1.71. The molecule has 0 saturated carbocycles. The summed E-state index contributed by atoms with van der Waals surface area (Å²) >= 11 is 3.45. The normalized spacial score (nSPS) is 10.2. The van der Waals surface area contributed by atoms with Crippen LogP contribution < -0.4 is 16.0 Å². The van der Waals surface area contributed by atoms with Crippen LogP contribution in [0.1, 0.15) is 21.5 Å². The topological polar surface area (TPSA) is 64.3 Å². The molecule has 0 saturated heterocycles. The molecule has 0 fully saturated rings. The molecular weight excluding hydrogens is 320 g/mol. The van der Waals surface area contributed by atoms with E-state index in [1.54, 1.807) is 12.1 Å². The minimum Gasteiger partial charge on any atom is -0.489 e. The van der Waals surface area contributed by atoms with Gasteiger partial charge in [0.25, 0.3) is 5.91 Å². The Hall–Kier alpha value is -1.85. The van der Waals surface area contributed by atoms with Crippen molar-refractivity contribution in [2.45, 2.75) is 13.5 Å². The van der Waals surface area contributed by atoms with Gasteiger partial charge in [0.15, 0.2) is 0 Å². The maximum Gasteiger partial charge on any atom is 0.265 e. The number of nitrogens with one attached hydrogen (secondary N) is 1. The van der Waals surface area contributed by atoms with Gasteiger partial charge in [-0.15, -0.1) is 0 Å². The van der Waals surface area contributed by atoms with Gasteiger partial charge in [0.2, 0.25) is 0 Å². The summed E-state index contributed by atoms with van der Waals surface area (Å²) < 4.78 is 6.77. The molecule has 0 bridgehead atoms. The first-order valence-corrected chi connectivity index (χ1v) is 6.88. The summed E-state index contributed by atoms with van der Waals surface area (Å²) in [6.45, 7) is 2.46. The van der Waals surface area contributed by atoms with Crippen LogP contribution in [0.3, 0.4) is 0 Å². The van der Waals surface area contributed by atoms with E-state index in [-0.39, 0.29) is 5.91 Å². The van der Waals surface area contributed by atoms with Gasteiger partial charge < -0.3 is 4.74 Å². The van der Waals surface area contributed by atoms with Crippen LogP contribution in [0.5, 0.6) is 5.75 Å². The standard InChI is InChI=1S/C15H15BrN2O2/c1-10-8-13(6-7-14(10)16)20-9-11-2-4-12(5-3-11)15(19)18-17/h2-8H,9,17H2,1H3,(H,18,19). The second-order valence-electron chi connectivity index (χ2n) is 4.37. The summed E-state index contributed by atoms with van der Waals surface area (Å²) in [6.07, 6.45) is 0. The number of benzene rings is 2. The highest BCUT2D eigenvalue weighted by Gasteiger charge is 2.03. The number of nitrogens with two attached hydrogens (primary N) is 1. The number of rotatable bonds is 4. The first kappa shape index (κ1) is 14.6. The van der Waals surface area contributed by atoms with Crippen LogP contribution in [0.2, 0.25) is 0 Å². The van der Waals surface area contributed by atoms with Crippen LogP contribution in [0.25, 0.3) is 0 Å². The average molecular weight is 335 g/mol. The molecule has 0 aliphatic carbocycles. The summed E-state index contributed by atoms with van der Waals surface area (Å²) in [6, 6.07) is 13.0. The highest BCUT2D eigenvalue weighted by Crippen LogP contribution is 2.22. The number of ether oxygens (including phenoxy) is 1. The Morgan fingerprint density at radius 2 is 1.95 bits per heavy atom. The minimum atomic E-state index is -0.305. The zero-order chi connectivity index (χ0) is 14.5. The van der Waals surface area contributed by atoms with Crippen LogP contribution in [0.4, 0.5) is 0 Å². The molecule has 0 radical (unpaired) electrons. The summed E-state index contributed by atoms with van der Waals surface area (Å²) in [5.41, 5.74) is 4.73. The number of hydrogen-bond acceptors (Lipinski definition) is 3. The Balaban J connectivity index is 2.00. The molecule has 2 rings (SSSR count). The van der Waals surface area contributed by atoms with Crippen molar-refractivity contribution < 1.29 is 9.53 Å². The van der Waals surface area contributed by atoms with Crippen molar-refractivity contribution in [3.05, 3.63) is 63.6 Å². The Kier molecular flexibility index (Phi) is 4.76. The number of aryl methyl sites for hydroxylation is 1. The van der Waals surface area contributed by atoms with Crippen molar-refractivity contribution >= 4 is 21.8 Å². The summed E-state index contributed by atoms with van der Waals surface area (Å²) in [5.74, 6) is 5.58. The Bertz CT molecular complexity index is 612. The van der Waals surface area contributed by atoms with E-state index < -0.39 is 0 Å². The van der Waals surface area contributed by atoms with Crippen LogP contribution in [0.15, 0.2) is 46.9 Å². The quantitative estimate of drug-likeness (QED) is 0.513. The molecule has 3 N–H and O–H groups in total. The van der Waals surface area contributed by atoms with E-state index in [9.17, 15) is 4.79 Å². The first-order chi connectivity index (χ1) is 9.60. The second kappa shape index (κ2) is 6.54. The van der Waals surface area contributed by atoms with Crippen molar-refractivity contribution in [3.63, 3.8) is 0 Å². The maximum atomic E-state index is 11.3. The molecule has 0 aliphatic heterocycles. The Labute approximate surface area is 126 Å².